The van der Waals surface area contributed by atoms with Gasteiger partial charge in [0, 0.05) is 6.42 Å². The minimum Gasteiger partial charge on any atom is -0.544 e. The van der Waals surface area contributed by atoms with Gasteiger partial charge in [-0.1, -0.05) is 6.42 Å². The molecule has 3 N–H and O–H groups in total. The van der Waals surface area contributed by atoms with Crippen molar-refractivity contribution in [1.82, 2.24) is 0 Å². The standard InChI is InChI=1S/C9H17NO3/c1-6(9(12)13)10-7-4-2-3-5-8(7)11/h6-8,10-11H,2-5H2,1H3,(H,12,13). The Morgan fingerprint density at radius 3 is 2.69 bits per heavy atom. The van der Waals surface area contributed by atoms with Crippen LogP contribution >= 0.6 is 0 Å². The Morgan fingerprint density at radius 1 is 1.54 bits per heavy atom. The van der Waals surface area contributed by atoms with Gasteiger partial charge < -0.3 is 20.3 Å². The third-order valence-electron chi connectivity index (χ3n) is 2.69. The van der Waals surface area contributed by atoms with Crippen LogP contribution in [0.4, 0.5) is 0 Å². The van der Waals surface area contributed by atoms with Gasteiger partial charge in [-0.05, 0) is 19.8 Å². The van der Waals surface area contributed by atoms with Crippen LogP contribution in [0.25, 0.3) is 0 Å². The van der Waals surface area contributed by atoms with Gasteiger partial charge in [0.15, 0.2) is 0 Å². The summed E-state index contributed by atoms with van der Waals surface area (Å²) < 4.78 is 0. The van der Waals surface area contributed by atoms with Crippen molar-refractivity contribution in [2.75, 3.05) is 0 Å². The number of aliphatic hydroxyl groups excluding tert-OH is 1. The van der Waals surface area contributed by atoms with Crippen LogP contribution in [0.15, 0.2) is 0 Å². The molecule has 0 bridgehead atoms. The first-order valence-corrected chi connectivity index (χ1v) is 4.85. The number of hydrogen-bond donors (Lipinski definition) is 2. The zero-order valence-electron chi connectivity index (χ0n) is 7.90. The molecule has 0 spiro atoms. The van der Waals surface area contributed by atoms with E-state index in [9.17, 15) is 15.0 Å². The lowest BCUT2D eigenvalue weighted by Crippen LogP contribution is -2.99. The highest BCUT2D eigenvalue weighted by Gasteiger charge is 2.27. The normalized spacial score (nSPS) is 31.2. The minimum absolute atomic E-state index is 0.0432. The van der Waals surface area contributed by atoms with E-state index in [4.69, 9.17) is 0 Å². The van der Waals surface area contributed by atoms with Gasteiger partial charge in [-0.3, -0.25) is 0 Å². The number of hydrogen-bond acceptors (Lipinski definition) is 3. The van der Waals surface area contributed by atoms with E-state index in [-0.39, 0.29) is 12.1 Å². The predicted molar refractivity (Wildman–Crippen MR) is 44.7 cm³/mol. The van der Waals surface area contributed by atoms with Crippen LogP contribution in [0.2, 0.25) is 0 Å². The number of nitrogens with two attached hydrogens (primary N) is 1. The molecule has 1 aliphatic carbocycles. The molecule has 0 aromatic heterocycles. The maximum atomic E-state index is 10.5. The number of rotatable bonds is 3. The fourth-order valence-electron chi connectivity index (χ4n) is 1.81. The second-order valence-electron chi connectivity index (χ2n) is 3.82. The molecule has 4 heteroatoms. The molecule has 0 aromatic rings. The highest BCUT2D eigenvalue weighted by Crippen LogP contribution is 2.15. The molecule has 1 aliphatic rings. The Labute approximate surface area is 78.0 Å². The number of quaternary nitrogens is 1. The van der Waals surface area contributed by atoms with E-state index in [0.717, 1.165) is 25.7 Å². The lowest BCUT2D eigenvalue weighted by atomic mass is 9.92. The van der Waals surface area contributed by atoms with Gasteiger partial charge in [-0.25, -0.2) is 0 Å². The smallest absolute Gasteiger partial charge is 0.123 e. The second kappa shape index (κ2) is 4.58. The van der Waals surface area contributed by atoms with Gasteiger partial charge in [-0.2, -0.15) is 0 Å². The molecule has 3 atom stereocenters. The van der Waals surface area contributed by atoms with Crippen molar-refractivity contribution < 1.29 is 20.3 Å². The summed E-state index contributed by atoms with van der Waals surface area (Å²) in [4.78, 5) is 10.5. The molecule has 76 valence electrons. The van der Waals surface area contributed by atoms with Gasteiger partial charge in [-0.15, -0.1) is 0 Å². The van der Waals surface area contributed by atoms with Crippen LogP contribution in [0, 0.1) is 0 Å². The average Bonchev–Trinajstić information content (AvgIpc) is 2.08. The SMILES string of the molecule is CC([NH2+]C1CCCCC1O)C(=O)[O-]. The summed E-state index contributed by atoms with van der Waals surface area (Å²) in [5.41, 5.74) is 0. The molecule has 1 rings (SSSR count). The largest absolute Gasteiger partial charge is 0.544 e. The fraction of sp³-hybridized carbons (Fsp3) is 0.889. The molecule has 0 aromatic carbocycles. The van der Waals surface area contributed by atoms with Crippen LogP contribution < -0.4 is 10.4 Å². The zero-order chi connectivity index (χ0) is 9.84. The van der Waals surface area contributed by atoms with Crippen molar-refractivity contribution in [1.29, 1.82) is 0 Å². The van der Waals surface area contributed by atoms with Gasteiger partial charge in [0.1, 0.15) is 18.2 Å². The summed E-state index contributed by atoms with van der Waals surface area (Å²) in [6, 6.07) is -0.514. The van der Waals surface area contributed by atoms with E-state index in [0.29, 0.717) is 0 Å². The van der Waals surface area contributed by atoms with Crippen LogP contribution in [-0.2, 0) is 4.79 Å². The molecule has 0 aliphatic heterocycles. The minimum atomic E-state index is -1.06. The number of aliphatic hydroxyl groups is 1. The van der Waals surface area contributed by atoms with E-state index in [1.807, 2.05) is 0 Å². The predicted octanol–water partition coefficient (Wildman–Crippen LogP) is -2.01. The van der Waals surface area contributed by atoms with E-state index in [1.165, 1.54) is 0 Å². The van der Waals surface area contributed by atoms with Gasteiger partial charge >= 0.3 is 0 Å². The third kappa shape index (κ3) is 2.97. The van der Waals surface area contributed by atoms with Crippen LogP contribution in [-0.4, -0.2) is 29.3 Å². The van der Waals surface area contributed by atoms with Crippen molar-refractivity contribution in [3.63, 3.8) is 0 Å². The van der Waals surface area contributed by atoms with Crippen molar-refractivity contribution in [3.05, 3.63) is 0 Å². The number of carboxylic acids is 1. The first-order valence-electron chi connectivity index (χ1n) is 4.85. The van der Waals surface area contributed by atoms with Gasteiger partial charge in [0.05, 0.1) is 5.97 Å². The second-order valence-corrected chi connectivity index (χ2v) is 3.82. The molecule has 0 radical (unpaired) electrons. The number of carboxylic acid groups (broad SMARTS) is 1. The van der Waals surface area contributed by atoms with E-state index < -0.39 is 12.0 Å². The van der Waals surface area contributed by atoms with E-state index in [1.54, 1.807) is 12.2 Å². The van der Waals surface area contributed by atoms with Crippen molar-refractivity contribution in [2.24, 2.45) is 0 Å². The molecular weight excluding hydrogens is 170 g/mol. The molecule has 0 saturated heterocycles. The lowest BCUT2D eigenvalue weighted by Gasteiger charge is -2.28. The zero-order valence-corrected chi connectivity index (χ0v) is 7.90. The quantitative estimate of drug-likeness (QED) is 0.536. The Bertz CT molecular complexity index is 184. The Balaban J connectivity index is 2.37. The molecule has 1 saturated carbocycles. The monoisotopic (exact) mass is 187 g/mol. The summed E-state index contributed by atoms with van der Waals surface area (Å²) in [5, 5.41) is 21.7. The maximum absolute atomic E-state index is 10.5. The molecule has 3 unspecified atom stereocenters. The van der Waals surface area contributed by atoms with E-state index >= 15 is 0 Å². The highest BCUT2D eigenvalue weighted by molar-refractivity contribution is 5.68. The molecule has 1 fully saturated rings. The molecule has 0 amide bonds. The molecular formula is C9H17NO3. The van der Waals surface area contributed by atoms with Crippen LogP contribution in [0.5, 0.6) is 0 Å². The number of carbonyl (C=O) groups excluding carboxylic acids is 1. The Hall–Kier alpha value is -0.610. The maximum Gasteiger partial charge on any atom is 0.123 e. The summed E-state index contributed by atoms with van der Waals surface area (Å²) in [6.45, 7) is 1.59. The van der Waals surface area contributed by atoms with Crippen molar-refractivity contribution in [2.45, 2.75) is 50.8 Å². The topological polar surface area (TPSA) is 77.0 Å². The van der Waals surface area contributed by atoms with Crippen LogP contribution in [0.3, 0.4) is 0 Å². The molecule has 13 heavy (non-hydrogen) atoms. The third-order valence-corrected chi connectivity index (χ3v) is 2.69. The summed E-state index contributed by atoms with van der Waals surface area (Å²) >= 11 is 0. The first-order chi connectivity index (χ1) is 6.11. The Kier molecular flexibility index (Phi) is 3.69. The summed E-state index contributed by atoms with van der Waals surface area (Å²) in [7, 11) is 0. The Morgan fingerprint density at radius 2 is 2.15 bits per heavy atom. The van der Waals surface area contributed by atoms with Crippen molar-refractivity contribution >= 4 is 5.97 Å². The first kappa shape index (κ1) is 10.5. The van der Waals surface area contributed by atoms with Gasteiger partial charge in [0.2, 0.25) is 0 Å². The summed E-state index contributed by atoms with van der Waals surface area (Å²) in [6.07, 6.45) is 3.47. The fourth-order valence-corrected chi connectivity index (χ4v) is 1.81. The average molecular weight is 187 g/mol. The summed E-state index contributed by atoms with van der Waals surface area (Å²) in [5.74, 6) is -1.06. The van der Waals surface area contributed by atoms with Gasteiger partial charge in [0.25, 0.3) is 0 Å². The number of carbonyl (C=O) groups is 1. The molecule has 0 heterocycles. The van der Waals surface area contributed by atoms with E-state index in [2.05, 4.69) is 0 Å². The lowest BCUT2D eigenvalue weighted by molar-refractivity contribution is -0.720. The van der Waals surface area contributed by atoms with Crippen LogP contribution in [0.1, 0.15) is 32.6 Å². The molecule has 4 nitrogen and oxygen atoms in total. The number of aliphatic carboxylic acids is 1. The van der Waals surface area contributed by atoms with Crippen molar-refractivity contribution in [3.8, 4) is 0 Å². The highest BCUT2D eigenvalue weighted by atomic mass is 16.4.